The Bertz CT molecular complexity index is 500. The van der Waals surface area contributed by atoms with Crippen molar-refractivity contribution < 1.29 is 9.84 Å². The molecule has 2 unspecified atom stereocenters. The Hall–Kier alpha value is 0.0400. The topological polar surface area (TPSA) is 29.5 Å². The van der Waals surface area contributed by atoms with Crippen LogP contribution in [0, 0.1) is 5.41 Å². The van der Waals surface area contributed by atoms with E-state index in [9.17, 15) is 5.11 Å². The van der Waals surface area contributed by atoms with Gasteiger partial charge in [-0.15, -0.1) is 0 Å². The highest BCUT2D eigenvalue weighted by Crippen LogP contribution is 2.55. The van der Waals surface area contributed by atoms with Crippen molar-refractivity contribution in [1.82, 2.24) is 0 Å². The number of hydrogen-bond donors (Lipinski definition) is 1. The summed E-state index contributed by atoms with van der Waals surface area (Å²) in [6, 6.07) is 3.48. The lowest BCUT2D eigenvalue weighted by Crippen LogP contribution is -2.58. The average molecular weight is 366 g/mol. The van der Waals surface area contributed by atoms with E-state index in [4.69, 9.17) is 27.9 Å². The molecule has 1 N–H and O–H groups in total. The number of aliphatic hydroxyl groups is 1. The molecular weight excluding hydrogens is 351 g/mol. The molecule has 2 atom stereocenters. The van der Waals surface area contributed by atoms with Gasteiger partial charge >= 0.3 is 0 Å². The fourth-order valence-electron chi connectivity index (χ4n) is 3.33. The molecule has 1 aromatic carbocycles. The van der Waals surface area contributed by atoms with Crippen LogP contribution in [0.25, 0.3) is 0 Å². The highest BCUT2D eigenvalue weighted by molar-refractivity contribution is 9.10. The molecule has 5 heteroatoms. The largest absolute Gasteiger partial charge is 0.488 e. The zero-order valence-corrected chi connectivity index (χ0v) is 13.4. The lowest BCUT2D eigenvalue weighted by Gasteiger charge is -2.51. The minimum atomic E-state index is -0.232. The van der Waals surface area contributed by atoms with Crippen LogP contribution in [-0.4, -0.2) is 17.3 Å². The van der Waals surface area contributed by atoms with Crippen molar-refractivity contribution in [2.75, 3.05) is 0 Å². The van der Waals surface area contributed by atoms with E-state index in [2.05, 4.69) is 15.9 Å². The van der Waals surface area contributed by atoms with Crippen LogP contribution in [0.4, 0.5) is 0 Å². The van der Waals surface area contributed by atoms with E-state index in [-0.39, 0.29) is 17.6 Å². The first-order valence-corrected chi connectivity index (χ1v) is 8.07. The second kappa shape index (κ2) is 5.10. The van der Waals surface area contributed by atoms with E-state index >= 15 is 0 Å². The molecular formula is C14H15BrCl2O2. The molecule has 0 bridgehead atoms. The van der Waals surface area contributed by atoms with Crippen molar-refractivity contribution >= 4 is 39.1 Å². The fourth-order valence-corrected chi connectivity index (χ4v) is 4.17. The molecule has 104 valence electrons. The van der Waals surface area contributed by atoms with Gasteiger partial charge in [-0.05, 0) is 34.8 Å². The summed E-state index contributed by atoms with van der Waals surface area (Å²) in [5.74, 6) is 0.609. The Labute approximate surface area is 131 Å². The maximum Gasteiger partial charge on any atom is 0.139 e. The predicted molar refractivity (Wildman–Crippen MR) is 80.1 cm³/mol. The minimum Gasteiger partial charge on any atom is -0.488 e. The smallest absolute Gasteiger partial charge is 0.139 e. The lowest BCUT2D eigenvalue weighted by atomic mass is 9.62. The van der Waals surface area contributed by atoms with Gasteiger partial charge in [0.25, 0.3) is 0 Å². The summed E-state index contributed by atoms with van der Waals surface area (Å²) in [7, 11) is 0. The lowest BCUT2D eigenvalue weighted by molar-refractivity contribution is -0.151. The van der Waals surface area contributed by atoms with E-state index in [1.165, 1.54) is 12.8 Å². The molecule has 0 radical (unpaired) electrons. The molecule has 0 amide bonds. The second-order valence-electron chi connectivity index (χ2n) is 5.50. The third kappa shape index (κ3) is 2.29. The van der Waals surface area contributed by atoms with Crippen LogP contribution in [0.15, 0.2) is 16.6 Å². The van der Waals surface area contributed by atoms with Gasteiger partial charge in [-0.25, -0.2) is 0 Å². The normalized spacial score (nSPS) is 28.4. The van der Waals surface area contributed by atoms with E-state index in [1.54, 1.807) is 12.1 Å². The zero-order chi connectivity index (χ0) is 13.6. The Morgan fingerprint density at radius 1 is 1.21 bits per heavy atom. The third-order valence-corrected chi connectivity index (χ3v) is 6.01. The number of benzene rings is 1. The van der Waals surface area contributed by atoms with Crippen molar-refractivity contribution in [2.24, 2.45) is 5.41 Å². The van der Waals surface area contributed by atoms with E-state index in [1.807, 2.05) is 0 Å². The van der Waals surface area contributed by atoms with Crippen LogP contribution in [0.5, 0.6) is 5.75 Å². The van der Waals surface area contributed by atoms with Crippen LogP contribution in [0.2, 0.25) is 10.0 Å². The van der Waals surface area contributed by atoms with Crippen molar-refractivity contribution in [2.45, 2.75) is 44.3 Å². The summed E-state index contributed by atoms with van der Waals surface area (Å²) in [6.45, 7) is 0. The summed E-state index contributed by atoms with van der Waals surface area (Å²) < 4.78 is 6.79. The molecule has 1 aromatic rings. The van der Waals surface area contributed by atoms with Gasteiger partial charge < -0.3 is 9.84 Å². The molecule has 1 spiro atoms. The number of ether oxygens (including phenoxy) is 1. The van der Waals surface area contributed by atoms with Gasteiger partial charge in [0.1, 0.15) is 11.9 Å². The first-order valence-electron chi connectivity index (χ1n) is 6.52. The SMILES string of the molecule is OC1CC(Oc2cc(Cl)c(Br)cc2Cl)C12CCCC2. The maximum atomic E-state index is 10.1. The van der Waals surface area contributed by atoms with Gasteiger partial charge in [-0.1, -0.05) is 36.0 Å². The number of aliphatic hydroxyl groups excluding tert-OH is 1. The number of hydrogen-bond acceptors (Lipinski definition) is 2. The molecule has 0 saturated heterocycles. The average Bonchev–Trinajstić information content (AvgIpc) is 2.87. The Balaban J connectivity index is 1.81. The summed E-state index contributed by atoms with van der Waals surface area (Å²) in [5, 5.41) is 11.2. The molecule has 2 fully saturated rings. The number of rotatable bonds is 2. The molecule has 0 aromatic heterocycles. The highest BCUT2D eigenvalue weighted by atomic mass is 79.9. The molecule has 2 nitrogen and oxygen atoms in total. The van der Waals surface area contributed by atoms with E-state index < -0.39 is 0 Å². The van der Waals surface area contributed by atoms with Gasteiger partial charge in [-0.3, -0.25) is 0 Å². The Kier molecular flexibility index (Phi) is 3.76. The van der Waals surface area contributed by atoms with Crippen molar-refractivity contribution in [1.29, 1.82) is 0 Å². The molecule has 0 heterocycles. The number of halogens is 3. The quantitative estimate of drug-likeness (QED) is 0.760. The third-order valence-electron chi connectivity index (χ3n) is 4.52. The minimum absolute atomic E-state index is 0.0527. The van der Waals surface area contributed by atoms with Gasteiger partial charge in [0, 0.05) is 22.4 Å². The van der Waals surface area contributed by atoms with Crippen LogP contribution in [0.1, 0.15) is 32.1 Å². The van der Waals surface area contributed by atoms with E-state index in [0.29, 0.717) is 22.2 Å². The van der Waals surface area contributed by atoms with Crippen LogP contribution in [-0.2, 0) is 0 Å². The maximum absolute atomic E-state index is 10.1. The Morgan fingerprint density at radius 2 is 1.89 bits per heavy atom. The van der Waals surface area contributed by atoms with Crippen LogP contribution < -0.4 is 4.74 Å². The summed E-state index contributed by atoms with van der Waals surface area (Å²) in [4.78, 5) is 0. The standard InChI is InChI=1S/C14H15BrCl2O2/c15-8-5-10(17)11(6-9(8)16)19-13-7-12(18)14(13)3-1-2-4-14/h5-6,12-13,18H,1-4,7H2. The highest BCUT2D eigenvalue weighted by Gasteiger charge is 2.57. The molecule has 3 rings (SSSR count). The van der Waals surface area contributed by atoms with Gasteiger partial charge in [0.15, 0.2) is 0 Å². The van der Waals surface area contributed by atoms with Gasteiger partial charge in [0.2, 0.25) is 0 Å². The van der Waals surface area contributed by atoms with Crippen molar-refractivity contribution in [3.63, 3.8) is 0 Å². The van der Waals surface area contributed by atoms with Crippen molar-refractivity contribution in [3.8, 4) is 5.75 Å². The van der Waals surface area contributed by atoms with Crippen LogP contribution in [0.3, 0.4) is 0 Å². The molecule has 0 aliphatic heterocycles. The molecule has 19 heavy (non-hydrogen) atoms. The fraction of sp³-hybridized carbons (Fsp3) is 0.571. The van der Waals surface area contributed by atoms with Gasteiger partial charge in [0.05, 0.1) is 16.1 Å². The van der Waals surface area contributed by atoms with Gasteiger partial charge in [-0.2, -0.15) is 0 Å². The first kappa shape index (κ1) is 14.0. The zero-order valence-electron chi connectivity index (χ0n) is 10.3. The summed E-state index contributed by atoms with van der Waals surface area (Å²) >= 11 is 15.6. The Morgan fingerprint density at radius 3 is 2.53 bits per heavy atom. The molecule has 2 saturated carbocycles. The monoisotopic (exact) mass is 364 g/mol. The summed E-state index contributed by atoms with van der Waals surface area (Å²) in [5.41, 5.74) is -0.0527. The molecule has 2 aliphatic carbocycles. The first-order chi connectivity index (χ1) is 9.03. The molecule has 2 aliphatic rings. The summed E-state index contributed by atoms with van der Waals surface area (Å²) in [6.07, 6.45) is 4.94. The van der Waals surface area contributed by atoms with Crippen molar-refractivity contribution in [3.05, 3.63) is 26.7 Å². The van der Waals surface area contributed by atoms with E-state index in [0.717, 1.165) is 17.3 Å². The van der Waals surface area contributed by atoms with Crippen LogP contribution >= 0.6 is 39.1 Å². The second-order valence-corrected chi connectivity index (χ2v) is 7.16. The predicted octanol–water partition coefficient (Wildman–Crippen LogP) is 4.83.